The first kappa shape index (κ1) is 17.4. The fourth-order valence-corrected chi connectivity index (χ4v) is 3.72. The van der Waals surface area contributed by atoms with Crippen molar-refractivity contribution >= 4 is 23.3 Å². The highest BCUT2D eigenvalue weighted by Gasteiger charge is 2.18. The summed E-state index contributed by atoms with van der Waals surface area (Å²) in [6.07, 6.45) is 3.58. The van der Waals surface area contributed by atoms with Crippen LogP contribution in [0.5, 0.6) is 0 Å². The van der Waals surface area contributed by atoms with Crippen LogP contribution < -0.4 is 10.6 Å². The fourth-order valence-electron chi connectivity index (χ4n) is 2.83. The topological polar surface area (TPSA) is 83.0 Å². The van der Waals surface area contributed by atoms with Crippen molar-refractivity contribution in [3.8, 4) is 21.1 Å². The predicted octanol–water partition coefficient (Wildman–Crippen LogP) is 3.01. The molecular formula is C19H20N6OS. The number of aryl methyl sites for hydroxylation is 1. The van der Waals surface area contributed by atoms with E-state index in [1.165, 1.54) is 5.56 Å². The molecule has 1 aromatic carbocycles. The van der Waals surface area contributed by atoms with Gasteiger partial charge in [-0.25, -0.2) is 19.7 Å². The molecule has 3 heterocycles. The lowest BCUT2D eigenvalue weighted by atomic mass is 10.2. The van der Waals surface area contributed by atoms with Crippen molar-refractivity contribution in [3.63, 3.8) is 0 Å². The van der Waals surface area contributed by atoms with Crippen LogP contribution in [0, 0.1) is 6.92 Å². The van der Waals surface area contributed by atoms with Gasteiger partial charge in [0.1, 0.15) is 5.01 Å². The van der Waals surface area contributed by atoms with E-state index in [4.69, 9.17) is 0 Å². The molecule has 0 unspecified atom stereocenters. The molecule has 0 aliphatic carbocycles. The minimum absolute atomic E-state index is 0.0141. The van der Waals surface area contributed by atoms with Gasteiger partial charge in [0.2, 0.25) is 5.95 Å². The van der Waals surface area contributed by atoms with Gasteiger partial charge in [0.05, 0.1) is 10.6 Å². The van der Waals surface area contributed by atoms with Gasteiger partial charge in [-0.2, -0.15) is 0 Å². The molecule has 3 aromatic rings. The Kier molecular flexibility index (Phi) is 4.97. The molecule has 2 amide bonds. The van der Waals surface area contributed by atoms with Gasteiger partial charge in [-0.1, -0.05) is 29.8 Å². The van der Waals surface area contributed by atoms with Crippen LogP contribution in [-0.4, -0.2) is 52.1 Å². The number of amides is 2. The molecular weight excluding hydrogens is 360 g/mol. The van der Waals surface area contributed by atoms with E-state index >= 15 is 0 Å². The first-order valence-corrected chi connectivity index (χ1v) is 9.63. The van der Waals surface area contributed by atoms with Gasteiger partial charge < -0.3 is 15.5 Å². The zero-order valence-corrected chi connectivity index (χ0v) is 15.8. The quantitative estimate of drug-likeness (QED) is 0.687. The third-order valence-electron chi connectivity index (χ3n) is 4.32. The maximum absolute atomic E-state index is 11.5. The minimum atomic E-state index is -0.0141. The van der Waals surface area contributed by atoms with Crippen molar-refractivity contribution in [3.05, 3.63) is 48.3 Å². The van der Waals surface area contributed by atoms with E-state index in [2.05, 4.69) is 56.8 Å². The SMILES string of the molecule is Cc1ccc(-c2ncc(-c3ccnc(NCCN4CCNC4=O)n3)s2)cc1. The molecule has 0 spiro atoms. The maximum atomic E-state index is 11.5. The van der Waals surface area contributed by atoms with E-state index in [0.717, 1.165) is 27.7 Å². The number of aromatic nitrogens is 3. The lowest BCUT2D eigenvalue weighted by molar-refractivity contribution is 0.219. The van der Waals surface area contributed by atoms with Gasteiger partial charge in [0.15, 0.2) is 0 Å². The minimum Gasteiger partial charge on any atom is -0.352 e. The molecule has 8 heteroatoms. The Morgan fingerprint density at radius 2 is 2.07 bits per heavy atom. The van der Waals surface area contributed by atoms with Gasteiger partial charge >= 0.3 is 6.03 Å². The molecule has 0 saturated carbocycles. The Bertz CT molecular complexity index is 939. The monoisotopic (exact) mass is 380 g/mol. The Balaban J connectivity index is 1.43. The van der Waals surface area contributed by atoms with E-state index < -0.39 is 0 Å². The van der Waals surface area contributed by atoms with E-state index in [-0.39, 0.29) is 6.03 Å². The predicted molar refractivity (Wildman–Crippen MR) is 107 cm³/mol. The summed E-state index contributed by atoms with van der Waals surface area (Å²) < 4.78 is 0. The number of nitrogens with one attached hydrogen (secondary N) is 2. The molecule has 2 N–H and O–H groups in total. The molecule has 1 aliphatic heterocycles. The Hall–Kier alpha value is -3.00. The van der Waals surface area contributed by atoms with Crippen molar-refractivity contribution in [1.29, 1.82) is 0 Å². The zero-order chi connectivity index (χ0) is 18.6. The van der Waals surface area contributed by atoms with Crippen molar-refractivity contribution in [2.45, 2.75) is 6.92 Å². The van der Waals surface area contributed by atoms with Gasteiger partial charge in [0.25, 0.3) is 0 Å². The molecule has 1 aliphatic rings. The van der Waals surface area contributed by atoms with Crippen molar-refractivity contribution in [1.82, 2.24) is 25.2 Å². The molecule has 0 atom stereocenters. The summed E-state index contributed by atoms with van der Waals surface area (Å²) in [6, 6.07) is 10.2. The first-order chi connectivity index (χ1) is 13.2. The summed E-state index contributed by atoms with van der Waals surface area (Å²) >= 11 is 1.61. The Labute approximate surface area is 161 Å². The second kappa shape index (κ2) is 7.71. The average molecular weight is 380 g/mol. The highest BCUT2D eigenvalue weighted by molar-refractivity contribution is 7.18. The molecule has 1 saturated heterocycles. The van der Waals surface area contributed by atoms with Crippen LogP contribution in [0.15, 0.2) is 42.7 Å². The van der Waals surface area contributed by atoms with Gasteiger partial charge in [0, 0.05) is 44.1 Å². The van der Waals surface area contributed by atoms with E-state index in [1.807, 2.05) is 12.3 Å². The fraction of sp³-hybridized carbons (Fsp3) is 0.263. The molecule has 0 bridgehead atoms. The van der Waals surface area contributed by atoms with Crippen LogP contribution in [0.2, 0.25) is 0 Å². The molecule has 27 heavy (non-hydrogen) atoms. The largest absolute Gasteiger partial charge is 0.352 e. The second-order valence-corrected chi connectivity index (χ2v) is 7.34. The number of hydrogen-bond acceptors (Lipinski definition) is 6. The number of benzene rings is 1. The number of nitrogens with zero attached hydrogens (tertiary/aromatic N) is 4. The van der Waals surface area contributed by atoms with Crippen molar-refractivity contribution in [2.75, 3.05) is 31.5 Å². The van der Waals surface area contributed by atoms with Crippen molar-refractivity contribution < 1.29 is 4.79 Å². The smallest absolute Gasteiger partial charge is 0.317 e. The Morgan fingerprint density at radius 1 is 1.22 bits per heavy atom. The highest BCUT2D eigenvalue weighted by Crippen LogP contribution is 2.31. The Morgan fingerprint density at radius 3 is 2.85 bits per heavy atom. The zero-order valence-electron chi connectivity index (χ0n) is 15.0. The molecule has 2 aromatic heterocycles. The van der Waals surface area contributed by atoms with Crippen LogP contribution in [0.1, 0.15) is 5.56 Å². The summed E-state index contributed by atoms with van der Waals surface area (Å²) in [5, 5.41) is 6.95. The van der Waals surface area contributed by atoms with Crippen LogP contribution in [0.25, 0.3) is 21.1 Å². The molecule has 0 radical (unpaired) electrons. The number of carbonyl (C=O) groups excluding carboxylic acids is 1. The van der Waals surface area contributed by atoms with Crippen LogP contribution in [0.4, 0.5) is 10.7 Å². The van der Waals surface area contributed by atoms with Crippen LogP contribution in [-0.2, 0) is 0 Å². The summed E-state index contributed by atoms with van der Waals surface area (Å²) in [5.41, 5.74) is 3.17. The number of anilines is 1. The summed E-state index contributed by atoms with van der Waals surface area (Å²) in [4.78, 5) is 27.7. The standard InChI is InChI=1S/C19H20N6OS/c1-13-2-4-14(5-3-13)17-23-12-16(27-17)15-6-7-20-18(24-15)21-8-10-25-11-9-22-19(25)26/h2-7,12H,8-11H2,1H3,(H,22,26)(H,20,21,24). The average Bonchev–Trinajstić information content (AvgIpc) is 3.32. The highest BCUT2D eigenvalue weighted by atomic mass is 32.1. The van der Waals surface area contributed by atoms with E-state index in [9.17, 15) is 4.79 Å². The third-order valence-corrected chi connectivity index (χ3v) is 5.39. The lowest BCUT2D eigenvalue weighted by Crippen LogP contribution is -2.32. The lowest BCUT2D eigenvalue weighted by Gasteiger charge is -2.14. The summed E-state index contributed by atoms with van der Waals surface area (Å²) in [6.45, 7) is 4.75. The summed E-state index contributed by atoms with van der Waals surface area (Å²) in [7, 11) is 0. The van der Waals surface area contributed by atoms with E-state index in [1.54, 1.807) is 22.4 Å². The number of carbonyl (C=O) groups is 1. The normalized spacial score (nSPS) is 13.7. The first-order valence-electron chi connectivity index (χ1n) is 8.82. The summed E-state index contributed by atoms with van der Waals surface area (Å²) in [5.74, 6) is 0.553. The number of rotatable bonds is 6. The van der Waals surface area contributed by atoms with Gasteiger partial charge in [-0.05, 0) is 13.0 Å². The molecule has 1 fully saturated rings. The number of urea groups is 1. The molecule has 4 rings (SSSR count). The maximum Gasteiger partial charge on any atom is 0.317 e. The van der Waals surface area contributed by atoms with Gasteiger partial charge in [-0.15, -0.1) is 11.3 Å². The number of thiazole rings is 1. The molecule has 7 nitrogen and oxygen atoms in total. The van der Waals surface area contributed by atoms with Crippen LogP contribution >= 0.6 is 11.3 Å². The van der Waals surface area contributed by atoms with Crippen LogP contribution in [0.3, 0.4) is 0 Å². The van der Waals surface area contributed by atoms with E-state index in [0.29, 0.717) is 25.6 Å². The number of hydrogen-bond donors (Lipinski definition) is 2. The second-order valence-electron chi connectivity index (χ2n) is 6.31. The third kappa shape index (κ3) is 4.06. The van der Waals surface area contributed by atoms with Crippen molar-refractivity contribution in [2.24, 2.45) is 0 Å². The van der Waals surface area contributed by atoms with Gasteiger partial charge in [-0.3, -0.25) is 0 Å². The molecule has 138 valence electrons.